The molecule has 2 nitrogen and oxygen atoms in total. The maximum Gasteiger partial charge on any atom is 0.0739 e. The lowest BCUT2D eigenvalue weighted by atomic mass is 10.1. The van der Waals surface area contributed by atoms with E-state index in [0.717, 1.165) is 13.0 Å². The van der Waals surface area contributed by atoms with Crippen LogP contribution in [0, 0.1) is 0 Å². The van der Waals surface area contributed by atoms with E-state index in [9.17, 15) is 0 Å². The number of rotatable bonds is 7. The molecule has 88 valence electrons. The molecule has 0 spiro atoms. The van der Waals surface area contributed by atoms with Crippen molar-refractivity contribution < 1.29 is 11.2 Å². The van der Waals surface area contributed by atoms with Gasteiger partial charge in [0.15, 0.2) is 0 Å². The van der Waals surface area contributed by atoms with Gasteiger partial charge in [0, 0.05) is 0 Å². The van der Waals surface area contributed by atoms with Crippen LogP contribution in [0.1, 0.15) is 39.5 Å². The van der Waals surface area contributed by atoms with E-state index in [2.05, 4.69) is 50.0 Å². The molecule has 2 heteroatoms. The van der Waals surface area contributed by atoms with Crippen molar-refractivity contribution in [2.45, 2.75) is 39.5 Å². The van der Waals surface area contributed by atoms with Gasteiger partial charge in [0.25, 0.3) is 0 Å². The summed E-state index contributed by atoms with van der Waals surface area (Å²) in [6, 6.07) is 0. The monoisotopic (exact) mass is 211 g/mol. The summed E-state index contributed by atoms with van der Waals surface area (Å²) in [6.07, 6.45) is 15.7. The van der Waals surface area contributed by atoms with E-state index in [1.54, 1.807) is 0 Å². The Hall–Kier alpha value is -0.860. The molecule has 0 aromatic heterocycles. The van der Waals surface area contributed by atoms with Crippen molar-refractivity contribution in [3.05, 3.63) is 36.0 Å². The van der Waals surface area contributed by atoms with Gasteiger partial charge in [0.05, 0.1) is 6.54 Å². The summed E-state index contributed by atoms with van der Waals surface area (Å²) >= 11 is 0. The van der Waals surface area contributed by atoms with Gasteiger partial charge in [-0.2, -0.15) is 0 Å². The molecule has 0 unspecified atom stereocenters. The third-order valence-corrected chi connectivity index (χ3v) is 2.06. The zero-order chi connectivity index (χ0) is 10.6. The predicted octanol–water partition coefficient (Wildman–Crippen LogP) is 2.69. The second-order valence-electron chi connectivity index (χ2n) is 3.35. The number of hydrogen-bond donors (Lipinski definition) is 1. The molecule has 0 amide bonds. The van der Waals surface area contributed by atoms with Crippen LogP contribution >= 0.6 is 0 Å². The molecule has 0 rings (SSSR count). The van der Waals surface area contributed by atoms with Crippen LogP contribution in [0.5, 0.6) is 0 Å². The van der Waals surface area contributed by atoms with Crippen molar-refractivity contribution in [2.24, 2.45) is 0 Å². The van der Waals surface area contributed by atoms with E-state index in [1.807, 2.05) is 0 Å². The van der Waals surface area contributed by atoms with Gasteiger partial charge in [-0.25, -0.2) is 0 Å². The SMILES string of the molecule is CC=C(C=CCC)C=CCCCC[NH3+].[OH-]. The number of quaternary nitrogens is 1. The first-order valence-electron chi connectivity index (χ1n) is 5.63. The molecule has 0 saturated heterocycles. The Labute approximate surface area is 93.9 Å². The van der Waals surface area contributed by atoms with E-state index >= 15 is 0 Å². The summed E-state index contributed by atoms with van der Waals surface area (Å²) in [5.41, 5.74) is 5.14. The molecule has 0 aliphatic heterocycles. The standard InChI is InChI=1S/C13H23N.H2O/c1-3-5-10-13(4-2)11-8-6-7-9-12-14;/h4-5,8,10-11H,3,6-7,9,12,14H2,1-2H3;1H2. The highest BCUT2D eigenvalue weighted by Crippen LogP contribution is 2.03. The lowest BCUT2D eigenvalue weighted by Gasteiger charge is -1.93. The van der Waals surface area contributed by atoms with Crippen LogP contribution in [-0.2, 0) is 0 Å². The van der Waals surface area contributed by atoms with E-state index in [4.69, 9.17) is 0 Å². The lowest BCUT2D eigenvalue weighted by Crippen LogP contribution is -2.50. The maximum absolute atomic E-state index is 3.83. The molecule has 0 heterocycles. The van der Waals surface area contributed by atoms with Crippen LogP contribution in [0.25, 0.3) is 0 Å². The number of hydrogen-bond acceptors (Lipinski definition) is 1. The highest BCUT2D eigenvalue weighted by molar-refractivity contribution is 5.29. The highest BCUT2D eigenvalue weighted by Gasteiger charge is 1.85. The van der Waals surface area contributed by atoms with Crippen molar-refractivity contribution in [3.63, 3.8) is 0 Å². The van der Waals surface area contributed by atoms with Crippen molar-refractivity contribution in [1.29, 1.82) is 0 Å². The van der Waals surface area contributed by atoms with Gasteiger partial charge >= 0.3 is 0 Å². The molecule has 0 radical (unpaired) electrons. The van der Waals surface area contributed by atoms with E-state index < -0.39 is 0 Å². The van der Waals surface area contributed by atoms with Gasteiger partial charge in [-0.15, -0.1) is 0 Å². The normalized spacial score (nSPS) is 12.3. The first-order valence-corrected chi connectivity index (χ1v) is 5.63. The van der Waals surface area contributed by atoms with Crippen LogP contribution < -0.4 is 5.73 Å². The van der Waals surface area contributed by atoms with Crippen LogP contribution in [-0.4, -0.2) is 12.0 Å². The Kier molecular flexibility index (Phi) is 14.5. The van der Waals surface area contributed by atoms with Gasteiger partial charge in [0.1, 0.15) is 0 Å². The first kappa shape index (κ1) is 16.6. The fourth-order valence-electron chi connectivity index (χ4n) is 1.16. The topological polar surface area (TPSA) is 57.6 Å². The molecule has 15 heavy (non-hydrogen) atoms. The van der Waals surface area contributed by atoms with Gasteiger partial charge in [-0.3, -0.25) is 0 Å². The molecular formula is C13H25NO. The molecule has 0 aliphatic carbocycles. The molecule has 0 saturated carbocycles. The zero-order valence-corrected chi connectivity index (χ0v) is 10.1. The Balaban J connectivity index is 0. The zero-order valence-electron chi connectivity index (χ0n) is 10.1. The smallest absolute Gasteiger partial charge is 0.0739 e. The predicted molar refractivity (Wildman–Crippen MR) is 65.9 cm³/mol. The van der Waals surface area contributed by atoms with E-state index in [-0.39, 0.29) is 5.48 Å². The lowest BCUT2D eigenvalue weighted by molar-refractivity contribution is -0.368. The summed E-state index contributed by atoms with van der Waals surface area (Å²) in [5.74, 6) is 0. The minimum atomic E-state index is 0. The van der Waals surface area contributed by atoms with Crippen molar-refractivity contribution >= 4 is 0 Å². The molecule has 0 aromatic rings. The molecule has 0 fully saturated rings. The molecular weight excluding hydrogens is 186 g/mol. The van der Waals surface area contributed by atoms with Crippen molar-refractivity contribution in [3.8, 4) is 0 Å². The molecule has 0 bridgehead atoms. The second-order valence-corrected chi connectivity index (χ2v) is 3.35. The quantitative estimate of drug-likeness (QED) is 0.511. The van der Waals surface area contributed by atoms with Crippen LogP contribution in [0.4, 0.5) is 0 Å². The molecule has 4 N–H and O–H groups in total. The average Bonchev–Trinajstić information content (AvgIpc) is 2.22. The van der Waals surface area contributed by atoms with Crippen molar-refractivity contribution in [2.75, 3.05) is 6.54 Å². The maximum atomic E-state index is 3.83. The van der Waals surface area contributed by atoms with E-state index in [1.165, 1.54) is 24.8 Å². The Morgan fingerprint density at radius 3 is 2.33 bits per heavy atom. The molecule has 0 aromatic carbocycles. The average molecular weight is 211 g/mol. The van der Waals surface area contributed by atoms with E-state index in [0.29, 0.717) is 0 Å². The summed E-state index contributed by atoms with van der Waals surface area (Å²) in [6.45, 7) is 5.29. The summed E-state index contributed by atoms with van der Waals surface area (Å²) < 4.78 is 0. The summed E-state index contributed by atoms with van der Waals surface area (Å²) in [7, 11) is 0. The molecule has 0 atom stereocenters. The Morgan fingerprint density at radius 2 is 1.80 bits per heavy atom. The van der Waals surface area contributed by atoms with Gasteiger partial charge in [-0.1, -0.05) is 37.3 Å². The van der Waals surface area contributed by atoms with Gasteiger partial charge in [0.2, 0.25) is 0 Å². The van der Waals surface area contributed by atoms with Crippen molar-refractivity contribution in [1.82, 2.24) is 0 Å². The fraction of sp³-hybridized carbons (Fsp3) is 0.538. The fourth-order valence-corrected chi connectivity index (χ4v) is 1.16. The largest absolute Gasteiger partial charge is 0.870 e. The third kappa shape index (κ3) is 11.1. The van der Waals surface area contributed by atoms with Crippen LogP contribution in [0.2, 0.25) is 0 Å². The highest BCUT2D eigenvalue weighted by atomic mass is 16.0. The minimum Gasteiger partial charge on any atom is -0.870 e. The Bertz CT molecular complexity index is 205. The molecule has 0 aliphatic rings. The third-order valence-electron chi connectivity index (χ3n) is 2.06. The first-order chi connectivity index (χ1) is 6.85. The second kappa shape index (κ2) is 13.1. The Morgan fingerprint density at radius 1 is 1.13 bits per heavy atom. The number of unbranched alkanes of at least 4 members (excludes halogenated alkanes) is 2. The summed E-state index contributed by atoms with van der Waals surface area (Å²) in [5, 5.41) is 0. The summed E-state index contributed by atoms with van der Waals surface area (Å²) in [4.78, 5) is 0. The van der Waals surface area contributed by atoms with Gasteiger partial charge < -0.3 is 11.2 Å². The van der Waals surface area contributed by atoms with Crippen LogP contribution in [0.3, 0.4) is 0 Å². The minimum absolute atomic E-state index is 0. The van der Waals surface area contributed by atoms with Gasteiger partial charge in [-0.05, 0) is 38.2 Å². The number of allylic oxidation sites excluding steroid dienone is 6. The van der Waals surface area contributed by atoms with Crippen LogP contribution in [0.15, 0.2) is 36.0 Å².